The normalized spacial score (nSPS) is 16.0. The number of rotatable bonds is 7. The Labute approximate surface area is 159 Å². The SMILES string of the molecule is C#CCNC(=O)COC(=O)C1CCN(S(=O)(=O)/C=C/c2ccccc2)CC1. The monoisotopic (exact) mass is 390 g/mol. The molecule has 1 heterocycles. The third-order valence-corrected chi connectivity index (χ3v) is 5.68. The van der Waals surface area contributed by atoms with E-state index in [4.69, 9.17) is 11.2 Å². The highest BCUT2D eigenvalue weighted by molar-refractivity contribution is 7.92. The zero-order valence-electron chi connectivity index (χ0n) is 14.8. The van der Waals surface area contributed by atoms with Gasteiger partial charge in [-0.1, -0.05) is 36.3 Å². The summed E-state index contributed by atoms with van der Waals surface area (Å²) in [6.45, 7) is 0.136. The molecule has 0 atom stereocenters. The molecule has 1 aliphatic rings. The summed E-state index contributed by atoms with van der Waals surface area (Å²) < 4.78 is 31.1. The third-order valence-electron chi connectivity index (χ3n) is 4.11. The standard InChI is InChI=1S/C19H22N2O5S/c1-2-11-20-18(22)15-26-19(23)17-8-12-21(13-9-17)27(24,25)14-10-16-6-4-3-5-7-16/h1,3-7,10,14,17H,8-9,11-13,15H2,(H,20,22)/b14-10+. The Morgan fingerprint density at radius 2 is 1.93 bits per heavy atom. The van der Waals surface area contributed by atoms with Gasteiger partial charge in [0.05, 0.1) is 12.5 Å². The average molecular weight is 390 g/mol. The van der Waals surface area contributed by atoms with Crippen molar-refractivity contribution in [1.82, 2.24) is 9.62 Å². The average Bonchev–Trinajstić information content (AvgIpc) is 2.70. The van der Waals surface area contributed by atoms with Crippen LogP contribution in [0, 0.1) is 18.3 Å². The lowest BCUT2D eigenvalue weighted by Crippen LogP contribution is -2.40. The van der Waals surface area contributed by atoms with E-state index in [0.29, 0.717) is 12.8 Å². The molecule has 1 fully saturated rings. The quantitative estimate of drug-likeness (QED) is 0.554. The molecule has 0 aliphatic carbocycles. The molecular weight excluding hydrogens is 368 g/mol. The maximum Gasteiger partial charge on any atom is 0.309 e. The van der Waals surface area contributed by atoms with Crippen LogP contribution in [-0.2, 0) is 24.3 Å². The highest BCUT2D eigenvalue weighted by Crippen LogP contribution is 2.22. The van der Waals surface area contributed by atoms with Crippen molar-refractivity contribution in [2.75, 3.05) is 26.2 Å². The minimum Gasteiger partial charge on any atom is -0.455 e. The minimum atomic E-state index is -3.55. The van der Waals surface area contributed by atoms with Gasteiger partial charge in [-0.05, 0) is 24.5 Å². The van der Waals surface area contributed by atoms with Gasteiger partial charge in [-0.25, -0.2) is 8.42 Å². The summed E-state index contributed by atoms with van der Waals surface area (Å²) in [5.41, 5.74) is 0.794. The number of hydrogen-bond acceptors (Lipinski definition) is 5. The van der Waals surface area contributed by atoms with E-state index in [-0.39, 0.29) is 19.6 Å². The van der Waals surface area contributed by atoms with Crippen molar-refractivity contribution in [3.8, 4) is 12.3 Å². The molecule has 0 bridgehead atoms. The molecule has 1 aliphatic heterocycles. The van der Waals surface area contributed by atoms with Crippen LogP contribution in [0.4, 0.5) is 0 Å². The number of nitrogens with zero attached hydrogens (tertiary/aromatic N) is 1. The van der Waals surface area contributed by atoms with Crippen LogP contribution in [0.1, 0.15) is 18.4 Å². The van der Waals surface area contributed by atoms with E-state index in [0.717, 1.165) is 5.56 Å². The van der Waals surface area contributed by atoms with Gasteiger partial charge in [0.2, 0.25) is 10.0 Å². The van der Waals surface area contributed by atoms with Crippen molar-refractivity contribution < 1.29 is 22.7 Å². The Bertz CT molecular complexity index is 819. The van der Waals surface area contributed by atoms with Gasteiger partial charge in [0, 0.05) is 18.5 Å². The molecule has 1 amide bonds. The molecule has 1 aromatic carbocycles. The molecule has 0 unspecified atom stereocenters. The van der Waals surface area contributed by atoms with Gasteiger partial charge in [0.25, 0.3) is 5.91 Å². The number of carbonyl (C=O) groups is 2. The number of hydrogen-bond donors (Lipinski definition) is 1. The van der Waals surface area contributed by atoms with E-state index in [1.165, 1.54) is 9.71 Å². The second kappa shape index (κ2) is 9.90. The van der Waals surface area contributed by atoms with E-state index < -0.39 is 34.4 Å². The molecule has 144 valence electrons. The fourth-order valence-corrected chi connectivity index (χ4v) is 3.84. The largest absolute Gasteiger partial charge is 0.455 e. The Morgan fingerprint density at radius 1 is 1.26 bits per heavy atom. The van der Waals surface area contributed by atoms with E-state index in [2.05, 4.69) is 11.2 Å². The number of nitrogens with one attached hydrogen (secondary N) is 1. The molecule has 0 spiro atoms. The Balaban J connectivity index is 1.82. The van der Waals surface area contributed by atoms with Crippen LogP contribution in [-0.4, -0.2) is 50.8 Å². The molecule has 1 saturated heterocycles. The lowest BCUT2D eigenvalue weighted by atomic mass is 9.98. The molecule has 0 aromatic heterocycles. The highest BCUT2D eigenvalue weighted by atomic mass is 32.2. The van der Waals surface area contributed by atoms with Crippen molar-refractivity contribution in [3.05, 3.63) is 41.3 Å². The maximum atomic E-state index is 12.4. The van der Waals surface area contributed by atoms with Crippen LogP contribution in [0.5, 0.6) is 0 Å². The lowest BCUT2D eigenvalue weighted by Gasteiger charge is -2.29. The molecule has 2 rings (SSSR count). The summed E-state index contributed by atoms with van der Waals surface area (Å²) >= 11 is 0. The van der Waals surface area contributed by atoms with Gasteiger partial charge in [0.1, 0.15) is 0 Å². The number of carbonyl (C=O) groups excluding carboxylic acids is 2. The molecule has 7 nitrogen and oxygen atoms in total. The number of benzene rings is 1. The lowest BCUT2D eigenvalue weighted by molar-refractivity contribution is -0.153. The van der Waals surface area contributed by atoms with E-state index in [1.807, 2.05) is 30.3 Å². The summed E-state index contributed by atoms with van der Waals surface area (Å²) in [7, 11) is -3.55. The Kier molecular flexibility index (Phi) is 7.58. The number of ether oxygens (including phenoxy) is 1. The van der Waals surface area contributed by atoms with E-state index >= 15 is 0 Å². The fourth-order valence-electron chi connectivity index (χ4n) is 2.62. The van der Waals surface area contributed by atoms with Gasteiger partial charge >= 0.3 is 5.97 Å². The van der Waals surface area contributed by atoms with Gasteiger partial charge < -0.3 is 10.1 Å². The molecule has 0 saturated carbocycles. The van der Waals surface area contributed by atoms with Gasteiger partial charge in [0.15, 0.2) is 6.61 Å². The minimum absolute atomic E-state index is 0.0726. The van der Waals surface area contributed by atoms with E-state index in [9.17, 15) is 18.0 Å². The molecular formula is C19H22N2O5S. The zero-order valence-corrected chi connectivity index (χ0v) is 15.7. The van der Waals surface area contributed by atoms with Crippen molar-refractivity contribution in [2.24, 2.45) is 5.92 Å². The summed E-state index contributed by atoms with van der Waals surface area (Å²) in [6.07, 6.45) is 7.27. The first-order chi connectivity index (χ1) is 12.9. The third kappa shape index (κ3) is 6.55. The zero-order chi connectivity index (χ0) is 19.7. The number of amides is 1. The summed E-state index contributed by atoms with van der Waals surface area (Å²) in [6, 6.07) is 9.14. The number of piperidine rings is 1. The van der Waals surface area contributed by atoms with Crippen LogP contribution in [0.3, 0.4) is 0 Å². The van der Waals surface area contributed by atoms with Gasteiger partial charge in [-0.3, -0.25) is 9.59 Å². The van der Waals surface area contributed by atoms with Crippen molar-refractivity contribution in [1.29, 1.82) is 0 Å². The maximum absolute atomic E-state index is 12.4. The van der Waals surface area contributed by atoms with Crippen LogP contribution < -0.4 is 5.32 Å². The molecule has 27 heavy (non-hydrogen) atoms. The van der Waals surface area contributed by atoms with Crippen LogP contribution in [0.2, 0.25) is 0 Å². The predicted molar refractivity (Wildman–Crippen MR) is 101 cm³/mol. The Morgan fingerprint density at radius 3 is 2.56 bits per heavy atom. The first-order valence-electron chi connectivity index (χ1n) is 8.52. The second-order valence-electron chi connectivity index (χ2n) is 6.02. The Hall–Kier alpha value is -2.63. The highest BCUT2D eigenvalue weighted by Gasteiger charge is 2.31. The summed E-state index contributed by atoms with van der Waals surface area (Å²) in [5.74, 6) is 0.865. The number of esters is 1. The molecule has 1 N–H and O–H groups in total. The fraction of sp³-hybridized carbons (Fsp3) is 0.368. The van der Waals surface area contributed by atoms with Crippen LogP contribution >= 0.6 is 0 Å². The van der Waals surface area contributed by atoms with Gasteiger partial charge in [-0.2, -0.15) is 4.31 Å². The van der Waals surface area contributed by atoms with Crippen LogP contribution in [0.15, 0.2) is 35.7 Å². The van der Waals surface area contributed by atoms with Crippen LogP contribution in [0.25, 0.3) is 6.08 Å². The number of sulfonamides is 1. The molecule has 8 heteroatoms. The predicted octanol–water partition coefficient (Wildman–Crippen LogP) is 0.992. The summed E-state index contributed by atoms with van der Waals surface area (Å²) in [4.78, 5) is 23.4. The second-order valence-corrected chi connectivity index (χ2v) is 7.84. The van der Waals surface area contributed by atoms with Crippen molar-refractivity contribution in [3.63, 3.8) is 0 Å². The first kappa shape index (κ1) is 20.7. The topological polar surface area (TPSA) is 92.8 Å². The number of terminal acetylenes is 1. The van der Waals surface area contributed by atoms with Gasteiger partial charge in [-0.15, -0.1) is 6.42 Å². The molecule has 1 aromatic rings. The summed E-state index contributed by atoms with van der Waals surface area (Å²) in [5, 5.41) is 3.58. The first-order valence-corrected chi connectivity index (χ1v) is 10.0. The van der Waals surface area contributed by atoms with E-state index in [1.54, 1.807) is 6.08 Å². The smallest absolute Gasteiger partial charge is 0.309 e. The molecule has 0 radical (unpaired) electrons. The van der Waals surface area contributed by atoms with Crippen molar-refractivity contribution >= 4 is 28.0 Å². The van der Waals surface area contributed by atoms with Crippen molar-refractivity contribution in [2.45, 2.75) is 12.8 Å².